The lowest BCUT2D eigenvalue weighted by Crippen LogP contribution is -2.11. The van der Waals surface area contributed by atoms with Crippen LogP contribution in [0.1, 0.15) is 31.2 Å². The Kier molecular flexibility index (Phi) is 7.46. The van der Waals surface area contributed by atoms with Crippen LogP contribution in [0.3, 0.4) is 0 Å². The topological polar surface area (TPSA) is 86.5 Å². The molecule has 0 aliphatic carbocycles. The molecule has 0 atom stereocenters. The summed E-state index contributed by atoms with van der Waals surface area (Å²) in [5.74, 6) is 2.12. The van der Waals surface area contributed by atoms with E-state index in [0.29, 0.717) is 49.1 Å². The molecule has 1 aromatic heterocycles. The van der Waals surface area contributed by atoms with Crippen molar-refractivity contribution in [2.75, 3.05) is 19.0 Å². The Morgan fingerprint density at radius 2 is 2.10 bits per heavy atom. The van der Waals surface area contributed by atoms with Crippen molar-refractivity contribution in [3.8, 4) is 22.9 Å². The Hall–Kier alpha value is -2.87. The third-order valence-electron chi connectivity index (χ3n) is 4.34. The summed E-state index contributed by atoms with van der Waals surface area (Å²) >= 11 is 3.49. The number of nitrogens with zero attached hydrogens (tertiary/aromatic N) is 2. The normalized spacial score (nSPS) is 10.7. The van der Waals surface area contributed by atoms with Gasteiger partial charge in [0.1, 0.15) is 0 Å². The van der Waals surface area contributed by atoms with Gasteiger partial charge in [0, 0.05) is 24.1 Å². The Balaban J connectivity index is 1.59. The molecule has 0 saturated heterocycles. The number of nitrogens with one attached hydrogen (secondary N) is 1. The number of methoxy groups -OCH3 is 1. The van der Waals surface area contributed by atoms with Gasteiger partial charge in [0.05, 0.1) is 18.2 Å². The van der Waals surface area contributed by atoms with Gasteiger partial charge in [-0.05, 0) is 66.0 Å². The van der Waals surface area contributed by atoms with E-state index in [2.05, 4.69) is 31.4 Å². The van der Waals surface area contributed by atoms with Crippen LogP contribution in [0.4, 0.5) is 5.69 Å². The number of aryl methyl sites for hydroxylation is 2. The average Bonchev–Trinajstić information content (AvgIpc) is 3.17. The van der Waals surface area contributed by atoms with Gasteiger partial charge in [-0.15, -0.1) is 0 Å². The van der Waals surface area contributed by atoms with Crippen LogP contribution in [0.15, 0.2) is 45.4 Å². The van der Waals surface area contributed by atoms with Crippen molar-refractivity contribution >= 4 is 27.5 Å². The molecule has 0 fully saturated rings. The van der Waals surface area contributed by atoms with E-state index in [9.17, 15) is 4.79 Å². The summed E-state index contributed by atoms with van der Waals surface area (Å²) in [7, 11) is 1.59. The van der Waals surface area contributed by atoms with Gasteiger partial charge in [-0.2, -0.15) is 4.98 Å². The van der Waals surface area contributed by atoms with E-state index in [0.717, 1.165) is 21.3 Å². The molecule has 30 heavy (non-hydrogen) atoms. The molecule has 1 heterocycles. The van der Waals surface area contributed by atoms with Gasteiger partial charge in [-0.1, -0.05) is 17.3 Å². The summed E-state index contributed by atoms with van der Waals surface area (Å²) in [6.45, 7) is 4.40. The molecule has 0 saturated carbocycles. The van der Waals surface area contributed by atoms with E-state index >= 15 is 0 Å². The highest BCUT2D eigenvalue weighted by Gasteiger charge is 2.16. The van der Waals surface area contributed by atoms with E-state index < -0.39 is 0 Å². The maximum Gasteiger partial charge on any atom is 0.226 e. The molecule has 0 unspecified atom stereocenters. The van der Waals surface area contributed by atoms with E-state index in [1.165, 1.54) is 0 Å². The summed E-state index contributed by atoms with van der Waals surface area (Å²) in [5, 5.41) is 6.95. The lowest BCUT2D eigenvalue weighted by molar-refractivity contribution is -0.116. The number of hydrogen-bond donors (Lipinski definition) is 1. The van der Waals surface area contributed by atoms with Crippen molar-refractivity contribution in [3.05, 3.63) is 52.3 Å². The van der Waals surface area contributed by atoms with Crippen LogP contribution in [0.2, 0.25) is 0 Å². The summed E-state index contributed by atoms with van der Waals surface area (Å²) < 4.78 is 17.1. The Bertz CT molecular complexity index is 1020. The number of hydrogen-bond acceptors (Lipinski definition) is 6. The molecule has 3 aromatic rings. The SMILES string of the molecule is CCOc1cc(-c2noc(CCCC(=O)Nc3cccc(C)c3)n2)cc(Br)c1OC. The third kappa shape index (κ3) is 5.60. The molecular formula is C22H24BrN3O4. The number of amides is 1. The largest absolute Gasteiger partial charge is 0.492 e. The molecule has 158 valence electrons. The summed E-state index contributed by atoms with van der Waals surface area (Å²) in [6.07, 6.45) is 1.49. The number of halogens is 1. The van der Waals surface area contributed by atoms with Crippen LogP contribution in [0, 0.1) is 6.92 Å². The summed E-state index contributed by atoms with van der Waals surface area (Å²) in [6, 6.07) is 11.4. The lowest BCUT2D eigenvalue weighted by Gasteiger charge is -2.12. The Labute approximate surface area is 183 Å². The number of rotatable bonds is 9. The highest BCUT2D eigenvalue weighted by molar-refractivity contribution is 9.10. The summed E-state index contributed by atoms with van der Waals surface area (Å²) in [5.41, 5.74) is 2.65. The number of ether oxygens (including phenoxy) is 2. The molecule has 7 nitrogen and oxygen atoms in total. The zero-order valence-corrected chi connectivity index (χ0v) is 18.8. The van der Waals surface area contributed by atoms with Crippen molar-refractivity contribution in [1.29, 1.82) is 0 Å². The van der Waals surface area contributed by atoms with Crippen LogP contribution in [-0.2, 0) is 11.2 Å². The third-order valence-corrected chi connectivity index (χ3v) is 4.93. The van der Waals surface area contributed by atoms with Gasteiger partial charge in [-0.25, -0.2) is 0 Å². The van der Waals surface area contributed by atoms with E-state index in [1.54, 1.807) is 7.11 Å². The number of anilines is 1. The Morgan fingerprint density at radius 3 is 2.83 bits per heavy atom. The predicted octanol–water partition coefficient (Wildman–Crippen LogP) is 5.18. The molecule has 1 amide bonds. The second-order valence-corrected chi connectivity index (χ2v) is 7.56. The van der Waals surface area contributed by atoms with Crippen LogP contribution >= 0.6 is 15.9 Å². The molecule has 0 radical (unpaired) electrons. The molecular weight excluding hydrogens is 450 g/mol. The summed E-state index contributed by atoms with van der Waals surface area (Å²) in [4.78, 5) is 16.6. The molecule has 0 bridgehead atoms. The van der Waals surface area contributed by atoms with Crippen molar-refractivity contribution in [2.24, 2.45) is 0 Å². The van der Waals surface area contributed by atoms with E-state index in [4.69, 9.17) is 14.0 Å². The first-order valence-electron chi connectivity index (χ1n) is 9.70. The van der Waals surface area contributed by atoms with E-state index in [1.807, 2.05) is 50.2 Å². The smallest absolute Gasteiger partial charge is 0.226 e. The second-order valence-electron chi connectivity index (χ2n) is 6.71. The fourth-order valence-corrected chi connectivity index (χ4v) is 3.58. The van der Waals surface area contributed by atoms with Crippen molar-refractivity contribution in [1.82, 2.24) is 10.1 Å². The first-order valence-corrected chi connectivity index (χ1v) is 10.5. The fourth-order valence-electron chi connectivity index (χ4n) is 2.98. The van der Waals surface area contributed by atoms with Gasteiger partial charge in [-0.3, -0.25) is 4.79 Å². The predicted molar refractivity (Wildman–Crippen MR) is 118 cm³/mol. The quantitative estimate of drug-likeness (QED) is 0.460. The van der Waals surface area contributed by atoms with Crippen LogP contribution in [0.5, 0.6) is 11.5 Å². The minimum atomic E-state index is -0.0409. The van der Waals surface area contributed by atoms with Crippen molar-refractivity contribution in [3.63, 3.8) is 0 Å². The van der Waals surface area contributed by atoms with Crippen LogP contribution in [-0.4, -0.2) is 29.8 Å². The van der Waals surface area contributed by atoms with Crippen molar-refractivity contribution in [2.45, 2.75) is 33.1 Å². The van der Waals surface area contributed by atoms with Gasteiger partial charge in [0.15, 0.2) is 11.5 Å². The molecule has 1 N–H and O–H groups in total. The molecule has 0 spiro atoms. The molecule has 3 rings (SSSR count). The number of benzene rings is 2. The minimum absolute atomic E-state index is 0.0409. The number of carbonyl (C=O) groups excluding carboxylic acids is 1. The monoisotopic (exact) mass is 473 g/mol. The minimum Gasteiger partial charge on any atom is -0.492 e. The first kappa shape index (κ1) is 21.8. The lowest BCUT2D eigenvalue weighted by atomic mass is 10.2. The van der Waals surface area contributed by atoms with E-state index in [-0.39, 0.29) is 5.91 Å². The van der Waals surface area contributed by atoms with Gasteiger partial charge >= 0.3 is 0 Å². The molecule has 0 aliphatic rings. The Morgan fingerprint density at radius 1 is 1.27 bits per heavy atom. The van der Waals surface area contributed by atoms with Gasteiger partial charge in [0.2, 0.25) is 17.6 Å². The molecule has 8 heteroatoms. The van der Waals surface area contributed by atoms with Gasteiger partial charge in [0.25, 0.3) is 0 Å². The number of carbonyl (C=O) groups is 1. The maximum absolute atomic E-state index is 12.1. The highest BCUT2D eigenvalue weighted by atomic mass is 79.9. The molecule has 2 aromatic carbocycles. The zero-order chi connectivity index (χ0) is 21.5. The standard InChI is InChI=1S/C22H24BrN3O4/c1-4-29-18-13-15(12-17(23)21(18)28-3)22-25-20(30-26-22)10-6-9-19(27)24-16-8-5-7-14(2)11-16/h5,7-8,11-13H,4,6,9-10H2,1-3H3,(H,24,27). The van der Waals surface area contributed by atoms with Crippen LogP contribution in [0.25, 0.3) is 11.4 Å². The molecule has 0 aliphatic heterocycles. The first-order chi connectivity index (χ1) is 14.5. The van der Waals surface area contributed by atoms with Crippen molar-refractivity contribution < 1.29 is 18.8 Å². The second kappa shape index (κ2) is 10.2. The number of aromatic nitrogens is 2. The zero-order valence-electron chi connectivity index (χ0n) is 17.2. The maximum atomic E-state index is 12.1. The average molecular weight is 474 g/mol. The van der Waals surface area contributed by atoms with Crippen LogP contribution < -0.4 is 14.8 Å². The van der Waals surface area contributed by atoms with Gasteiger partial charge < -0.3 is 19.3 Å². The highest BCUT2D eigenvalue weighted by Crippen LogP contribution is 2.39. The fraction of sp³-hybridized carbons (Fsp3) is 0.318.